The summed E-state index contributed by atoms with van der Waals surface area (Å²) in [5, 5.41) is 3.24. The molecule has 0 unspecified atom stereocenters. The second-order valence-electron chi connectivity index (χ2n) is 5.36. The standard InChI is InChI=1S/C15H18BrClN2O3/c1-9(8-22-2)19-7-10(5-14(19)20)15(21)18-13-4-3-11(16)6-12(13)17/h3-4,6,9-10H,5,7-8H2,1-2H3,(H,18,21)/t9-,10+/m0/s1. The van der Waals surface area contributed by atoms with Crippen molar-refractivity contribution in [2.24, 2.45) is 5.92 Å². The van der Waals surface area contributed by atoms with Crippen LogP contribution in [0.2, 0.25) is 5.02 Å². The van der Waals surface area contributed by atoms with Crippen molar-refractivity contribution >= 4 is 45.0 Å². The van der Waals surface area contributed by atoms with Crippen molar-refractivity contribution in [2.45, 2.75) is 19.4 Å². The Labute approximate surface area is 143 Å². The highest BCUT2D eigenvalue weighted by atomic mass is 79.9. The van der Waals surface area contributed by atoms with Crippen LogP contribution in [-0.4, -0.2) is 43.0 Å². The van der Waals surface area contributed by atoms with Crippen LogP contribution in [0.4, 0.5) is 5.69 Å². The van der Waals surface area contributed by atoms with Crippen molar-refractivity contribution in [2.75, 3.05) is 25.6 Å². The molecule has 120 valence electrons. The summed E-state index contributed by atoms with van der Waals surface area (Å²) in [7, 11) is 1.59. The quantitative estimate of drug-likeness (QED) is 0.842. The average molecular weight is 390 g/mol. The van der Waals surface area contributed by atoms with E-state index in [0.717, 1.165) is 4.47 Å². The van der Waals surface area contributed by atoms with E-state index in [0.29, 0.717) is 23.9 Å². The lowest BCUT2D eigenvalue weighted by Crippen LogP contribution is -2.38. The van der Waals surface area contributed by atoms with Gasteiger partial charge in [-0.2, -0.15) is 0 Å². The molecule has 0 aromatic heterocycles. The van der Waals surface area contributed by atoms with E-state index in [1.807, 2.05) is 6.92 Å². The van der Waals surface area contributed by atoms with E-state index in [-0.39, 0.29) is 30.2 Å². The number of anilines is 1. The van der Waals surface area contributed by atoms with Gasteiger partial charge < -0.3 is 15.0 Å². The lowest BCUT2D eigenvalue weighted by atomic mass is 10.1. The number of methoxy groups -OCH3 is 1. The van der Waals surface area contributed by atoms with Crippen LogP contribution in [-0.2, 0) is 14.3 Å². The maximum atomic E-state index is 12.3. The topological polar surface area (TPSA) is 58.6 Å². The highest BCUT2D eigenvalue weighted by Crippen LogP contribution is 2.27. The monoisotopic (exact) mass is 388 g/mol. The van der Waals surface area contributed by atoms with Gasteiger partial charge in [-0.3, -0.25) is 9.59 Å². The number of halogens is 2. The molecule has 22 heavy (non-hydrogen) atoms. The summed E-state index contributed by atoms with van der Waals surface area (Å²) >= 11 is 9.41. The van der Waals surface area contributed by atoms with Crippen molar-refractivity contribution in [1.82, 2.24) is 4.90 Å². The number of likely N-dealkylation sites (tertiary alicyclic amines) is 1. The molecule has 1 heterocycles. The van der Waals surface area contributed by atoms with Crippen molar-refractivity contribution in [3.05, 3.63) is 27.7 Å². The first-order chi connectivity index (χ1) is 10.4. The van der Waals surface area contributed by atoms with Crippen LogP contribution in [0.15, 0.2) is 22.7 Å². The van der Waals surface area contributed by atoms with E-state index in [1.165, 1.54) is 0 Å². The molecule has 0 aliphatic carbocycles. The zero-order chi connectivity index (χ0) is 16.3. The Balaban J connectivity index is 2.00. The maximum Gasteiger partial charge on any atom is 0.229 e. The molecule has 1 N–H and O–H groups in total. The summed E-state index contributed by atoms with van der Waals surface area (Å²) in [4.78, 5) is 26.1. The first kappa shape index (κ1) is 17.2. The van der Waals surface area contributed by atoms with Gasteiger partial charge in [-0.25, -0.2) is 0 Å². The van der Waals surface area contributed by atoms with Crippen LogP contribution in [0.5, 0.6) is 0 Å². The van der Waals surface area contributed by atoms with Crippen LogP contribution in [0, 0.1) is 5.92 Å². The Morgan fingerprint density at radius 3 is 2.95 bits per heavy atom. The summed E-state index contributed by atoms with van der Waals surface area (Å²) in [6.07, 6.45) is 0.216. The van der Waals surface area contributed by atoms with Gasteiger partial charge in [0.15, 0.2) is 0 Å². The number of carbonyl (C=O) groups is 2. The predicted octanol–water partition coefficient (Wildman–Crippen LogP) is 2.92. The van der Waals surface area contributed by atoms with Gasteiger partial charge >= 0.3 is 0 Å². The average Bonchev–Trinajstić information content (AvgIpc) is 2.84. The molecule has 0 bridgehead atoms. The summed E-state index contributed by atoms with van der Waals surface area (Å²) in [5.74, 6) is -0.581. The van der Waals surface area contributed by atoms with E-state index in [1.54, 1.807) is 30.2 Å². The molecular formula is C15H18BrClN2O3. The Morgan fingerprint density at radius 1 is 1.59 bits per heavy atom. The fraction of sp³-hybridized carbons (Fsp3) is 0.467. The minimum absolute atomic E-state index is 0.0217. The van der Waals surface area contributed by atoms with Gasteiger partial charge in [0.05, 0.1) is 29.3 Å². The molecule has 1 aliphatic heterocycles. The van der Waals surface area contributed by atoms with Gasteiger partial charge in [0, 0.05) is 24.5 Å². The molecule has 1 aromatic carbocycles. The lowest BCUT2D eigenvalue weighted by molar-refractivity contribution is -0.130. The van der Waals surface area contributed by atoms with Gasteiger partial charge in [0.2, 0.25) is 11.8 Å². The van der Waals surface area contributed by atoms with Crippen LogP contribution in [0.3, 0.4) is 0 Å². The Hall–Kier alpha value is -1.11. The molecule has 0 saturated carbocycles. The second-order valence-corrected chi connectivity index (χ2v) is 6.69. The predicted molar refractivity (Wildman–Crippen MR) is 88.9 cm³/mol. The summed E-state index contributed by atoms with van der Waals surface area (Å²) in [5.41, 5.74) is 0.547. The SMILES string of the molecule is COC[C@H](C)N1C[C@H](C(=O)Nc2ccc(Br)cc2Cl)CC1=O. The van der Waals surface area contributed by atoms with E-state index in [2.05, 4.69) is 21.2 Å². The number of carbonyl (C=O) groups excluding carboxylic acids is 2. The summed E-state index contributed by atoms with van der Waals surface area (Å²) in [6.45, 7) is 2.77. The largest absolute Gasteiger partial charge is 0.383 e. The van der Waals surface area contributed by atoms with Gasteiger partial charge in [-0.05, 0) is 25.1 Å². The van der Waals surface area contributed by atoms with Crippen LogP contribution >= 0.6 is 27.5 Å². The second kappa shape index (κ2) is 7.44. The third-order valence-corrected chi connectivity index (χ3v) is 4.46. The number of amides is 2. The summed E-state index contributed by atoms with van der Waals surface area (Å²) in [6, 6.07) is 5.21. The normalized spacial score (nSPS) is 19.4. The molecular weight excluding hydrogens is 372 g/mol. The fourth-order valence-electron chi connectivity index (χ4n) is 2.49. The van der Waals surface area contributed by atoms with Crippen molar-refractivity contribution in [3.8, 4) is 0 Å². The zero-order valence-electron chi connectivity index (χ0n) is 12.4. The smallest absolute Gasteiger partial charge is 0.229 e. The van der Waals surface area contributed by atoms with Crippen LogP contribution in [0.25, 0.3) is 0 Å². The minimum Gasteiger partial charge on any atom is -0.383 e. The molecule has 7 heteroatoms. The van der Waals surface area contributed by atoms with Crippen molar-refractivity contribution in [1.29, 1.82) is 0 Å². The zero-order valence-corrected chi connectivity index (χ0v) is 14.8. The molecule has 0 spiro atoms. The first-order valence-electron chi connectivity index (χ1n) is 6.96. The Kier molecular flexibility index (Phi) is 5.83. The number of nitrogens with zero attached hydrogens (tertiary/aromatic N) is 1. The van der Waals surface area contributed by atoms with E-state index < -0.39 is 0 Å². The molecule has 2 rings (SSSR count). The van der Waals surface area contributed by atoms with E-state index in [9.17, 15) is 9.59 Å². The molecule has 5 nitrogen and oxygen atoms in total. The van der Waals surface area contributed by atoms with Gasteiger partial charge in [0.25, 0.3) is 0 Å². The maximum absolute atomic E-state index is 12.3. The number of hydrogen-bond acceptors (Lipinski definition) is 3. The Bertz CT molecular complexity index is 582. The molecule has 1 aliphatic rings. The van der Waals surface area contributed by atoms with Crippen molar-refractivity contribution < 1.29 is 14.3 Å². The number of rotatable bonds is 5. The number of ether oxygens (including phenoxy) is 1. The van der Waals surface area contributed by atoms with Gasteiger partial charge in [0.1, 0.15) is 0 Å². The number of nitrogens with one attached hydrogen (secondary N) is 1. The molecule has 1 aromatic rings. The number of benzene rings is 1. The van der Waals surface area contributed by atoms with Gasteiger partial charge in [-0.1, -0.05) is 27.5 Å². The minimum atomic E-state index is -0.369. The highest BCUT2D eigenvalue weighted by Gasteiger charge is 2.36. The first-order valence-corrected chi connectivity index (χ1v) is 8.13. The lowest BCUT2D eigenvalue weighted by Gasteiger charge is -2.23. The van der Waals surface area contributed by atoms with Crippen LogP contribution in [0.1, 0.15) is 13.3 Å². The fourth-order valence-corrected chi connectivity index (χ4v) is 3.21. The molecule has 2 amide bonds. The molecule has 1 saturated heterocycles. The van der Waals surface area contributed by atoms with E-state index >= 15 is 0 Å². The van der Waals surface area contributed by atoms with E-state index in [4.69, 9.17) is 16.3 Å². The van der Waals surface area contributed by atoms with Crippen LogP contribution < -0.4 is 5.32 Å². The molecule has 1 fully saturated rings. The Morgan fingerprint density at radius 2 is 2.32 bits per heavy atom. The van der Waals surface area contributed by atoms with Gasteiger partial charge in [-0.15, -0.1) is 0 Å². The molecule has 2 atom stereocenters. The third kappa shape index (κ3) is 4.00. The third-order valence-electron chi connectivity index (χ3n) is 3.66. The molecule has 0 radical (unpaired) electrons. The number of hydrogen-bond donors (Lipinski definition) is 1. The summed E-state index contributed by atoms with van der Waals surface area (Å²) < 4.78 is 5.91. The highest BCUT2D eigenvalue weighted by molar-refractivity contribution is 9.10. The van der Waals surface area contributed by atoms with Crippen molar-refractivity contribution in [3.63, 3.8) is 0 Å².